The molecular weight excluding hydrogens is 437 g/mol. The maximum atomic E-state index is 13.6. The number of carbonyl (C=O) groups excluding carboxylic acids is 2. The lowest BCUT2D eigenvalue weighted by Crippen LogP contribution is -2.29. The highest BCUT2D eigenvalue weighted by Gasteiger charge is 2.48. The van der Waals surface area contributed by atoms with Crippen molar-refractivity contribution in [2.75, 3.05) is 18.1 Å². The summed E-state index contributed by atoms with van der Waals surface area (Å²) in [7, 11) is 0. The van der Waals surface area contributed by atoms with Crippen molar-refractivity contribution in [1.82, 2.24) is 10.2 Å². The van der Waals surface area contributed by atoms with Crippen LogP contribution in [0.4, 0.5) is 9.52 Å². The highest BCUT2D eigenvalue weighted by Crippen LogP contribution is 2.43. The molecule has 1 N–H and O–H groups in total. The van der Waals surface area contributed by atoms with Crippen LogP contribution >= 0.6 is 11.3 Å². The van der Waals surface area contributed by atoms with E-state index in [0.29, 0.717) is 35.3 Å². The fourth-order valence-electron chi connectivity index (χ4n) is 3.72. The average molecular weight is 453 g/mol. The lowest BCUT2D eigenvalue weighted by atomic mass is 9.95. The average Bonchev–Trinajstić information content (AvgIpc) is 3.34. The number of aliphatic hydroxyl groups excluding tert-OH is 1. The number of rotatable bonds is 3. The Morgan fingerprint density at radius 3 is 2.50 bits per heavy atom. The van der Waals surface area contributed by atoms with Gasteiger partial charge in [-0.05, 0) is 42.8 Å². The Labute approximate surface area is 185 Å². The van der Waals surface area contributed by atoms with Crippen LogP contribution in [-0.2, 0) is 9.59 Å². The molecule has 2 aromatic carbocycles. The van der Waals surface area contributed by atoms with Crippen LogP contribution in [0.2, 0.25) is 0 Å². The van der Waals surface area contributed by atoms with Crippen molar-refractivity contribution in [3.8, 4) is 11.5 Å². The Balaban J connectivity index is 1.69. The molecule has 0 radical (unpaired) electrons. The summed E-state index contributed by atoms with van der Waals surface area (Å²) >= 11 is 1.14. The van der Waals surface area contributed by atoms with Crippen LogP contribution in [0.15, 0.2) is 48.0 Å². The Bertz CT molecular complexity index is 1270. The maximum Gasteiger partial charge on any atom is 0.301 e. The number of hydrogen-bond acceptors (Lipinski definition) is 8. The van der Waals surface area contributed by atoms with Crippen LogP contribution in [0.3, 0.4) is 0 Å². The number of nitrogens with zero attached hydrogens (tertiary/aromatic N) is 3. The van der Waals surface area contributed by atoms with Gasteiger partial charge in [0.05, 0.1) is 11.6 Å². The first-order chi connectivity index (χ1) is 15.4. The van der Waals surface area contributed by atoms with Crippen molar-refractivity contribution in [2.45, 2.75) is 13.0 Å². The Hall–Kier alpha value is -3.79. The molecule has 2 aliphatic heterocycles. The Kier molecular flexibility index (Phi) is 4.86. The van der Waals surface area contributed by atoms with Gasteiger partial charge in [0, 0.05) is 5.56 Å². The molecule has 0 spiro atoms. The Morgan fingerprint density at radius 2 is 1.81 bits per heavy atom. The molecule has 0 saturated carbocycles. The maximum absolute atomic E-state index is 13.6. The summed E-state index contributed by atoms with van der Waals surface area (Å²) in [5.41, 5.74) is 0.594. The van der Waals surface area contributed by atoms with Crippen LogP contribution in [-0.4, -0.2) is 40.2 Å². The quantitative estimate of drug-likeness (QED) is 0.368. The van der Waals surface area contributed by atoms with E-state index in [9.17, 15) is 19.1 Å². The molecule has 162 valence electrons. The van der Waals surface area contributed by atoms with Gasteiger partial charge in [-0.3, -0.25) is 14.5 Å². The monoisotopic (exact) mass is 453 g/mol. The number of amides is 1. The molecule has 3 aromatic rings. The van der Waals surface area contributed by atoms with E-state index < -0.39 is 23.5 Å². The fourth-order valence-corrected chi connectivity index (χ4v) is 4.43. The van der Waals surface area contributed by atoms with Crippen molar-refractivity contribution in [2.24, 2.45) is 0 Å². The van der Waals surface area contributed by atoms with Crippen LogP contribution < -0.4 is 14.4 Å². The molecule has 2 aliphatic rings. The van der Waals surface area contributed by atoms with Gasteiger partial charge in [-0.15, -0.1) is 10.2 Å². The predicted molar refractivity (Wildman–Crippen MR) is 113 cm³/mol. The zero-order chi connectivity index (χ0) is 22.4. The number of aliphatic hydroxyl groups is 1. The summed E-state index contributed by atoms with van der Waals surface area (Å²) in [6.07, 6.45) is 0. The second kappa shape index (κ2) is 7.72. The van der Waals surface area contributed by atoms with Crippen LogP contribution in [0.1, 0.15) is 22.2 Å². The number of carbonyl (C=O) groups is 2. The van der Waals surface area contributed by atoms with E-state index in [4.69, 9.17) is 9.47 Å². The van der Waals surface area contributed by atoms with Crippen LogP contribution in [0, 0.1) is 12.7 Å². The zero-order valence-corrected chi connectivity index (χ0v) is 17.6. The van der Waals surface area contributed by atoms with Crippen molar-refractivity contribution >= 4 is 33.9 Å². The molecule has 1 fully saturated rings. The highest BCUT2D eigenvalue weighted by molar-refractivity contribution is 7.15. The molecule has 32 heavy (non-hydrogen) atoms. The van der Waals surface area contributed by atoms with Gasteiger partial charge in [-0.2, -0.15) is 0 Å². The van der Waals surface area contributed by atoms with E-state index in [1.54, 1.807) is 25.1 Å². The summed E-state index contributed by atoms with van der Waals surface area (Å²) in [4.78, 5) is 27.2. The SMILES string of the molecule is Cc1nnc(N2C(=O)C(=O)C(=C(O)c3ccc4c(c3)OCCO4)[C@@H]2c2ccc(F)cc2)s1. The van der Waals surface area contributed by atoms with E-state index in [1.807, 2.05) is 0 Å². The largest absolute Gasteiger partial charge is 0.507 e. The van der Waals surface area contributed by atoms with Crippen molar-refractivity contribution in [1.29, 1.82) is 0 Å². The molecule has 1 amide bonds. The molecule has 0 unspecified atom stereocenters. The number of ether oxygens (including phenoxy) is 2. The third-order valence-electron chi connectivity index (χ3n) is 5.17. The minimum absolute atomic E-state index is 0.133. The number of aryl methyl sites for hydroxylation is 1. The molecule has 1 aromatic heterocycles. The summed E-state index contributed by atoms with van der Waals surface area (Å²) in [5, 5.41) is 19.9. The van der Waals surface area contributed by atoms with Gasteiger partial charge in [-0.25, -0.2) is 4.39 Å². The number of aromatic nitrogens is 2. The highest BCUT2D eigenvalue weighted by atomic mass is 32.1. The summed E-state index contributed by atoms with van der Waals surface area (Å²) in [6.45, 7) is 2.49. The fraction of sp³-hybridized carbons (Fsp3) is 0.182. The normalized spacial score (nSPS) is 19.4. The number of ketones is 1. The predicted octanol–water partition coefficient (Wildman–Crippen LogP) is 3.38. The Morgan fingerprint density at radius 1 is 1.09 bits per heavy atom. The standard InChI is InChI=1S/C22H16FN3O5S/c1-11-24-25-22(32-11)26-18(12-2-5-14(23)6-3-12)17(20(28)21(26)29)19(27)13-4-7-15-16(10-13)31-9-8-30-15/h2-7,10,18,27H,8-9H2,1H3/t18-/m0/s1. The molecular formula is C22H16FN3O5S. The molecule has 1 saturated heterocycles. The molecule has 5 rings (SSSR count). The van der Waals surface area contributed by atoms with Crippen molar-refractivity contribution in [3.63, 3.8) is 0 Å². The molecule has 0 bridgehead atoms. The van der Waals surface area contributed by atoms with Gasteiger partial charge in [0.15, 0.2) is 11.5 Å². The zero-order valence-electron chi connectivity index (χ0n) is 16.7. The topological polar surface area (TPSA) is 102 Å². The number of anilines is 1. The summed E-state index contributed by atoms with van der Waals surface area (Å²) in [6, 6.07) is 9.13. The van der Waals surface area contributed by atoms with Gasteiger partial charge >= 0.3 is 5.91 Å². The third-order valence-corrected chi connectivity index (χ3v) is 6.01. The first-order valence-corrected chi connectivity index (χ1v) is 10.5. The second-order valence-corrected chi connectivity index (χ2v) is 8.34. The number of fused-ring (bicyclic) bond motifs is 1. The van der Waals surface area contributed by atoms with Crippen molar-refractivity contribution in [3.05, 3.63) is 70.0 Å². The van der Waals surface area contributed by atoms with E-state index >= 15 is 0 Å². The van der Waals surface area contributed by atoms with Gasteiger partial charge in [0.25, 0.3) is 5.78 Å². The number of halogens is 1. The lowest BCUT2D eigenvalue weighted by Gasteiger charge is -2.23. The van der Waals surface area contributed by atoms with Gasteiger partial charge in [0.2, 0.25) is 5.13 Å². The molecule has 8 nitrogen and oxygen atoms in total. The number of benzene rings is 2. The van der Waals surface area contributed by atoms with E-state index in [2.05, 4.69) is 10.2 Å². The van der Waals surface area contributed by atoms with E-state index in [1.165, 1.54) is 29.2 Å². The molecule has 10 heteroatoms. The first-order valence-electron chi connectivity index (χ1n) is 9.70. The van der Waals surface area contributed by atoms with Crippen molar-refractivity contribution < 1.29 is 28.6 Å². The van der Waals surface area contributed by atoms with Gasteiger partial charge in [0.1, 0.15) is 29.8 Å². The third kappa shape index (κ3) is 3.28. The number of Topliss-reactive ketones (excluding diaryl/α,β-unsaturated/α-hetero) is 1. The second-order valence-electron chi connectivity index (χ2n) is 7.18. The molecule has 0 aliphatic carbocycles. The van der Waals surface area contributed by atoms with E-state index in [-0.39, 0.29) is 22.0 Å². The van der Waals surface area contributed by atoms with Crippen LogP contribution in [0.5, 0.6) is 11.5 Å². The lowest BCUT2D eigenvalue weighted by molar-refractivity contribution is -0.132. The minimum atomic E-state index is -1.00. The van der Waals surface area contributed by atoms with Gasteiger partial charge < -0.3 is 14.6 Å². The summed E-state index contributed by atoms with van der Waals surface area (Å²) < 4.78 is 24.6. The molecule has 1 atom stereocenters. The molecule has 3 heterocycles. The van der Waals surface area contributed by atoms with Crippen LogP contribution in [0.25, 0.3) is 5.76 Å². The number of hydrogen-bond donors (Lipinski definition) is 1. The summed E-state index contributed by atoms with van der Waals surface area (Å²) in [5.74, 6) is -1.63. The minimum Gasteiger partial charge on any atom is -0.507 e. The smallest absolute Gasteiger partial charge is 0.301 e. The first kappa shape index (κ1) is 20.1. The van der Waals surface area contributed by atoms with Gasteiger partial charge in [-0.1, -0.05) is 23.5 Å². The van der Waals surface area contributed by atoms with E-state index in [0.717, 1.165) is 11.3 Å².